The molecular formula is C15H21F2N3. The van der Waals surface area contributed by atoms with Crippen LogP contribution in [0, 0.1) is 17.6 Å². The van der Waals surface area contributed by atoms with Gasteiger partial charge in [-0.15, -0.1) is 0 Å². The van der Waals surface area contributed by atoms with E-state index in [0.29, 0.717) is 17.6 Å². The Morgan fingerprint density at radius 1 is 1.25 bits per heavy atom. The van der Waals surface area contributed by atoms with Gasteiger partial charge in [0.05, 0.1) is 6.04 Å². The fourth-order valence-electron chi connectivity index (χ4n) is 3.97. The molecule has 1 aromatic carbocycles. The Hall–Kier alpha value is -1.04. The van der Waals surface area contributed by atoms with Crippen LogP contribution in [0.5, 0.6) is 0 Å². The number of nitrogens with two attached hydrogens (primary N) is 1. The quantitative estimate of drug-likeness (QED) is 0.660. The molecule has 3 N–H and O–H groups in total. The molecule has 3 nitrogen and oxygen atoms in total. The van der Waals surface area contributed by atoms with Gasteiger partial charge in [-0.25, -0.2) is 8.78 Å². The number of halogens is 2. The van der Waals surface area contributed by atoms with E-state index in [4.69, 9.17) is 5.84 Å². The van der Waals surface area contributed by atoms with E-state index in [1.165, 1.54) is 12.8 Å². The monoisotopic (exact) mass is 281 g/mol. The summed E-state index contributed by atoms with van der Waals surface area (Å²) < 4.78 is 27.4. The predicted molar refractivity (Wildman–Crippen MR) is 73.7 cm³/mol. The van der Waals surface area contributed by atoms with Gasteiger partial charge in [0.25, 0.3) is 0 Å². The van der Waals surface area contributed by atoms with Crippen molar-refractivity contribution in [2.45, 2.75) is 43.8 Å². The van der Waals surface area contributed by atoms with Crippen LogP contribution in [0.25, 0.3) is 0 Å². The van der Waals surface area contributed by atoms with Gasteiger partial charge in [0.15, 0.2) is 11.6 Å². The van der Waals surface area contributed by atoms with E-state index in [-0.39, 0.29) is 12.0 Å². The summed E-state index contributed by atoms with van der Waals surface area (Å²) in [6, 6.07) is 5.09. The molecule has 0 saturated carbocycles. The Balaban J connectivity index is 1.86. The fourth-order valence-corrected chi connectivity index (χ4v) is 3.97. The second-order valence-corrected chi connectivity index (χ2v) is 6.07. The lowest BCUT2D eigenvalue weighted by Crippen LogP contribution is -2.45. The third kappa shape index (κ3) is 2.24. The van der Waals surface area contributed by atoms with Gasteiger partial charge in [-0.05, 0) is 44.7 Å². The summed E-state index contributed by atoms with van der Waals surface area (Å²) >= 11 is 0. The summed E-state index contributed by atoms with van der Waals surface area (Å²) in [4.78, 5) is 2.42. The maximum atomic E-state index is 14.0. The van der Waals surface area contributed by atoms with Gasteiger partial charge in [0.2, 0.25) is 0 Å². The molecular weight excluding hydrogens is 260 g/mol. The van der Waals surface area contributed by atoms with Crippen LogP contribution in [-0.2, 0) is 0 Å². The van der Waals surface area contributed by atoms with Gasteiger partial charge in [-0.3, -0.25) is 11.3 Å². The van der Waals surface area contributed by atoms with Crippen molar-refractivity contribution in [3.05, 3.63) is 35.4 Å². The Morgan fingerprint density at radius 2 is 1.90 bits per heavy atom. The molecule has 2 saturated heterocycles. The van der Waals surface area contributed by atoms with Gasteiger partial charge >= 0.3 is 0 Å². The molecule has 5 heteroatoms. The topological polar surface area (TPSA) is 41.3 Å². The van der Waals surface area contributed by atoms with Crippen LogP contribution in [0.2, 0.25) is 0 Å². The number of rotatable bonds is 3. The van der Waals surface area contributed by atoms with Gasteiger partial charge in [0.1, 0.15) is 0 Å². The first-order valence-corrected chi connectivity index (χ1v) is 7.23. The molecule has 2 aliphatic heterocycles. The van der Waals surface area contributed by atoms with E-state index in [1.807, 2.05) is 0 Å². The van der Waals surface area contributed by atoms with Crippen LogP contribution in [0.15, 0.2) is 18.2 Å². The van der Waals surface area contributed by atoms with E-state index in [9.17, 15) is 8.78 Å². The van der Waals surface area contributed by atoms with Crippen molar-refractivity contribution >= 4 is 0 Å². The van der Waals surface area contributed by atoms with Crippen molar-refractivity contribution in [3.8, 4) is 0 Å². The number of hydrogen-bond acceptors (Lipinski definition) is 3. The molecule has 2 heterocycles. The molecule has 1 aromatic rings. The zero-order valence-electron chi connectivity index (χ0n) is 11.7. The van der Waals surface area contributed by atoms with Crippen molar-refractivity contribution in [1.29, 1.82) is 0 Å². The van der Waals surface area contributed by atoms with E-state index in [0.717, 1.165) is 18.9 Å². The normalized spacial score (nSPS) is 31.5. The first-order chi connectivity index (χ1) is 9.61. The summed E-state index contributed by atoms with van der Waals surface area (Å²) in [5, 5.41) is 0. The lowest BCUT2D eigenvalue weighted by Gasteiger charge is -2.39. The highest BCUT2D eigenvalue weighted by molar-refractivity contribution is 5.23. The Morgan fingerprint density at radius 3 is 2.50 bits per heavy atom. The van der Waals surface area contributed by atoms with Crippen molar-refractivity contribution in [2.75, 3.05) is 7.05 Å². The standard InChI is InChI=1S/C15H21F2N3/c1-20-10-5-6-11(20)8-9(7-10)15(19-18)12-3-2-4-13(16)14(12)17/h2-4,9-11,15,19H,5-8,18H2,1H3. The number of fused-ring (bicyclic) bond motifs is 2. The highest BCUT2D eigenvalue weighted by atomic mass is 19.2. The molecule has 3 rings (SSSR count). The molecule has 20 heavy (non-hydrogen) atoms. The number of nitrogens with zero attached hydrogens (tertiary/aromatic N) is 1. The lowest BCUT2D eigenvalue weighted by molar-refractivity contribution is 0.111. The summed E-state index contributed by atoms with van der Waals surface area (Å²) in [6.45, 7) is 0. The molecule has 3 unspecified atom stereocenters. The molecule has 0 radical (unpaired) electrons. The average molecular weight is 281 g/mol. The van der Waals surface area contributed by atoms with Crippen LogP contribution in [0.4, 0.5) is 8.78 Å². The molecule has 2 aliphatic rings. The first kappa shape index (κ1) is 13.9. The van der Waals surface area contributed by atoms with Crippen LogP contribution in [0.3, 0.4) is 0 Å². The van der Waals surface area contributed by atoms with Crippen molar-refractivity contribution in [1.82, 2.24) is 10.3 Å². The maximum Gasteiger partial charge on any atom is 0.163 e. The molecule has 0 aromatic heterocycles. The zero-order valence-corrected chi connectivity index (χ0v) is 11.7. The Labute approximate surface area is 118 Å². The van der Waals surface area contributed by atoms with Gasteiger partial charge in [0, 0.05) is 17.6 Å². The van der Waals surface area contributed by atoms with E-state index in [2.05, 4.69) is 17.4 Å². The van der Waals surface area contributed by atoms with Crippen LogP contribution in [0.1, 0.15) is 37.3 Å². The second-order valence-electron chi connectivity index (χ2n) is 6.07. The number of piperidine rings is 1. The van der Waals surface area contributed by atoms with Crippen molar-refractivity contribution in [3.63, 3.8) is 0 Å². The Kier molecular flexibility index (Phi) is 3.75. The first-order valence-electron chi connectivity index (χ1n) is 7.23. The van der Waals surface area contributed by atoms with Crippen molar-refractivity contribution in [2.24, 2.45) is 11.8 Å². The minimum atomic E-state index is -0.807. The predicted octanol–water partition coefficient (Wildman–Crippen LogP) is 2.34. The molecule has 0 amide bonds. The van der Waals surface area contributed by atoms with E-state index in [1.54, 1.807) is 12.1 Å². The van der Waals surface area contributed by atoms with Gasteiger partial charge < -0.3 is 4.90 Å². The van der Waals surface area contributed by atoms with Crippen LogP contribution >= 0.6 is 0 Å². The molecule has 110 valence electrons. The zero-order chi connectivity index (χ0) is 14.3. The number of nitrogens with one attached hydrogen (secondary N) is 1. The summed E-state index contributed by atoms with van der Waals surface area (Å²) in [5.41, 5.74) is 3.06. The molecule has 0 aliphatic carbocycles. The third-order valence-electron chi connectivity index (χ3n) is 5.10. The molecule has 3 atom stereocenters. The number of hydrazine groups is 1. The fraction of sp³-hybridized carbons (Fsp3) is 0.600. The highest BCUT2D eigenvalue weighted by Gasteiger charge is 2.41. The third-order valence-corrected chi connectivity index (χ3v) is 5.10. The van der Waals surface area contributed by atoms with Gasteiger partial charge in [-0.2, -0.15) is 0 Å². The smallest absolute Gasteiger partial charge is 0.163 e. The summed E-state index contributed by atoms with van der Waals surface area (Å²) in [6.07, 6.45) is 4.36. The van der Waals surface area contributed by atoms with Crippen LogP contribution in [-0.4, -0.2) is 24.0 Å². The van der Waals surface area contributed by atoms with Gasteiger partial charge in [-0.1, -0.05) is 12.1 Å². The summed E-state index contributed by atoms with van der Waals surface area (Å²) in [5.74, 6) is 4.32. The van der Waals surface area contributed by atoms with E-state index < -0.39 is 11.6 Å². The second kappa shape index (κ2) is 5.39. The average Bonchev–Trinajstić information content (AvgIpc) is 2.66. The molecule has 2 bridgehead atoms. The minimum absolute atomic E-state index is 0.255. The van der Waals surface area contributed by atoms with Crippen molar-refractivity contribution < 1.29 is 8.78 Å². The highest BCUT2D eigenvalue weighted by Crippen LogP contribution is 2.42. The Bertz CT molecular complexity index is 480. The van der Waals surface area contributed by atoms with Crippen LogP contribution < -0.4 is 11.3 Å². The maximum absolute atomic E-state index is 14.0. The molecule has 0 spiro atoms. The minimum Gasteiger partial charge on any atom is -0.300 e. The molecule has 2 fully saturated rings. The number of hydrogen-bond donors (Lipinski definition) is 2. The lowest BCUT2D eigenvalue weighted by atomic mass is 9.82. The number of benzene rings is 1. The largest absolute Gasteiger partial charge is 0.300 e. The summed E-state index contributed by atoms with van der Waals surface area (Å²) in [7, 11) is 2.16. The van der Waals surface area contributed by atoms with E-state index >= 15 is 0 Å². The SMILES string of the molecule is CN1C2CCC1CC(C(NN)c1cccc(F)c1F)C2.